The summed E-state index contributed by atoms with van der Waals surface area (Å²) in [5.74, 6) is -0.333. The van der Waals surface area contributed by atoms with Gasteiger partial charge in [0.25, 0.3) is 5.69 Å². The molecule has 0 saturated carbocycles. The predicted molar refractivity (Wildman–Crippen MR) is 105 cm³/mol. The van der Waals surface area contributed by atoms with Gasteiger partial charge < -0.3 is 0 Å². The highest BCUT2D eigenvalue weighted by molar-refractivity contribution is 6.07. The number of hydrogen-bond acceptors (Lipinski definition) is 4. The molecule has 1 atom stereocenters. The summed E-state index contributed by atoms with van der Waals surface area (Å²) in [4.78, 5) is 38.1. The monoisotopic (exact) mass is 376 g/mol. The molecule has 2 aromatic rings. The Morgan fingerprint density at radius 3 is 2.54 bits per heavy atom. The van der Waals surface area contributed by atoms with E-state index in [-0.39, 0.29) is 29.7 Å². The van der Waals surface area contributed by atoms with Gasteiger partial charge in [0.15, 0.2) is 5.78 Å². The Balaban J connectivity index is 1.84. The number of nitro groups is 1. The van der Waals surface area contributed by atoms with Crippen LogP contribution in [0.15, 0.2) is 59.8 Å². The van der Waals surface area contributed by atoms with Crippen molar-refractivity contribution in [3.63, 3.8) is 0 Å². The van der Waals surface area contributed by atoms with E-state index in [1.54, 1.807) is 12.1 Å². The van der Waals surface area contributed by atoms with E-state index in [4.69, 9.17) is 0 Å². The number of carbonyl (C=O) groups is 2. The number of benzene rings is 2. The number of nitro benzene ring substituents is 1. The van der Waals surface area contributed by atoms with Crippen molar-refractivity contribution in [3.05, 3.63) is 81.0 Å². The van der Waals surface area contributed by atoms with Crippen LogP contribution in [-0.4, -0.2) is 16.6 Å². The van der Waals surface area contributed by atoms with Crippen molar-refractivity contribution in [1.29, 1.82) is 0 Å². The number of nitrogens with zero attached hydrogens (tertiary/aromatic N) is 2. The average Bonchev–Trinajstić information content (AvgIpc) is 2.68. The number of hydrogen-bond donors (Lipinski definition) is 0. The standard InChI is InChI=1S/C22H20N2O4/c1-14-8-10-15(11-9-14)18-13-21(26)23(19-6-3-7-20(25)22(18)19)16-4-2-5-17(12-16)24(27)28/h2,4-5,8-12,18H,3,6-7,13H2,1H3. The lowest BCUT2D eigenvalue weighted by atomic mass is 9.77. The van der Waals surface area contributed by atoms with Crippen LogP contribution in [0, 0.1) is 17.0 Å². The highest BCUT2D eigenvalue weighted by Gasteiger charge is 2.39. The van der Waals surface area contributed by atoms with Gasteiger partial charge in [0, 0.05) is 42.2 Å². The van der Waals surface area contributed by atoms with Gasteiger partial charge in [0.1, 0.15) is 0 Å². The van der Waals surface area contributed by atoms with Crippen molar-refractivity contribution in [2.24, 2.45) is 0 Å². The van der Waals surface area contributed by atoms with Crippen LogP contribution in [0.25, 0.3) is 0 Å². The molecule has 6 nitrogen and oxygen atoms in total. The third-order valence-electron chi connectivity index (χ3n) is 5.45. The second kappa shape index (κ2) is 7.03. The average molecular weight is 376 g/mol. The second-order valence-electron chi connectivity index (χ2n) is 7.31. The first-order valence-corrected chi connectivity index (χ1v) is 9.36. The molecule has 0 aromatic heterocycles. The fourth-order valence-electron chi connectivity index (χ4n) is 4.12. The molecule has 2 aromatic carbocycles. The SMILES string of the molecule is Cc1ccc(C2CC(=O)N(c3cccc([N+](=O)[O-])c3)C3=C2C(=O)CCC3)cc1. The third kappa shape index (κ3) is 3.11. The Morgan fingerprint density at radius 2 is 1.82 bits per heavy atom. The molecule has 0 spiro atoms. The molecule has 4 rings (SSSR count). The molecule has 0 bridgehead atoms. The summed E-state index contributed by atoms with van der Waals surface area (Å²) in [6, 6.07) is 14.0. The van der Waals surface area contributed by atoms with Crippen molar-refractivity contribution < 1.29 is 14.5 Å². The maximum Gasteiger partial charge on any atom is 0.271 e. The van der Waals surface area contributed by atoms with Crippen LogP contribution in [0.4, 0.5) is 11.4 Å². The first kappa shape index (κ1) is 18.1. The summed E-state index contributed by atoms with van der Waals surface area (Å²) >= 11 is 0. The number of anilines is 1. The minimum Gasteiger partial charge on any atom is -0.294 e. The smallest absolute Gasteiger partial charge is 0.271 e. The number of non-ortho nitro benzene ring substituents is 1. The van der Waals surface area contributed by atoms with E-state index in [2.05, 4.69) is 0 Å². The van der Waals surface area contributed by atoms with E-state index >= 15 is 0 Å². The fraction of sp³-hybridized carbons (Fsp3) is 0.273. The Bertz CT molecular complexity index is 1010. The Morgan fingerprint density at radius 1 is 1.07 bits per heavy atom. The largest absolute Gasteiger partial charge is 0.294 e. The van der Waals surface area contributed by atoms with E-state index in [9.17, 15) is 19.7 Å². The zero-order valence-corrected chi connectivity index (χ0v) is 15.6. The van der Waals surface area contributed by atoms with Gasteiger partial charge in [0.05, 0.1) is 10.6 Å². The summed E-state index contributed by atoms with van der Waals surface area (Å²) in [6.45, 7) is 2.00. The Kier molecular flexibility index (Phi) is 4.55. The van der Waals surface area contributed by atoms with E-state index in [0.29, 0.717) is 36.2 Å². The predicted octanol–water partition coefficient (Wildman–Crippen LogP) is 4.43. The molecule has 1 aliphatic heterocycles. The lowest BCUT2D eigenvalue weighted by Gasteiger charge is -2.38. The van der Waals surface area contributed by atoms with Crippen LogP contribution in [0.3, 0.4) is 0 Å². The number of Topliss-reactive ketones (excluding diaryl/α,β-unsaturated/α-hetero) is 1. The summed E-state index contributed by atoms with van der Waals surface area (Å²) in [5.41, 5.74) is 3.83. The van der Waals surface area contributed by atoms with E-state index < -0.39 is 4.92 Å². The quantitative estimate of drug-likeness (QED) is 0.586. The van der Waals surface area contributed by atoms with E-state index in [1.807, 2.05) is 31.2 Å². The van der Waals surface area contributed by atoms with Crippen LogP contribution >= 0.6 is 0 Å². The third-order valence-corrected chi connectivity index (χ3v) is 5.45. The fourth-order valence-corrected chi connectivity index (χ4v) is 4.12. The van der Waals surface area contributed by atoms with Gasteiger partial charge in [-0.1, -0.05) is 35.9 Å². The van der Waals surface area contributed by atoms with Gasteiger partial charge in [-0.15, -0.1) is 0 Å². The second-order valence-corrected chi connectivity index (χ2v) is 7.31. The zero-order valence-electron chi connectivity index (χ0n) is 15.6. The van der Waals surface area contributed by atoms with Crippen molar-refractivity contribution in [3.8, 4) is 0 Å². The molecule has 1 amide bonds. The number of ketones is 1. The van der Waals surface area contributed by atoms with Gasteiger partial charge in [-0.2, -0.15) is 0 Å². The van der Waals surface area contributed by atoms with E-state index in [0.717, 1.165) is 11.1 Å². The molecule has 1 heterocycles. The van der Waals surface area contributed by atoms with Crippen molar-refractivity contribution in [2.75, 3.05) is 4.90 Å². The first-order chi connectivity index (χ1) is 13.5. The minimum atomic E-state index is -0.478. The Labute approximate surface area is 162 Å². The lowest BCUT2D eigenvalue weighted by molar-refractivity contribution is -0.384. The van der Waals surface area contributed by atoms with Gasteiger partial charge in [-0.3, -0.25) is 24.6 Å². The number of allylic oxidation sites excluding steroid dienone is 2. The molecule has 0 N–H and O–H groups in total. The molecule has 0 saturated heterocycles. The highest BCUT2D eigenvalue weighted by Crippen LogP contribution is 2.43. The van der Waals surface area contributed by atoms with E-state index in [1.165, 1.54) is 17.0 Å². The molecule has 0 fully saturated rings. The number of aryl methyl sites for hydroxylation is 1. The molecular weight excluding hydrogens is 356 g/mol. The van der Waals surface area contributed by atoms with Gasteiger partial charge in [0.2, 0.25) is 5.91 Å². The van der Waals surface area contributed by atoms with Crippen LogP contribution in [0.5, 0.6) is 0 Å². The summed E-state index contributed by atoms with van der Waals surface area (Å²) < 4.78 is 0. The topological polar surface area (TPSA) is 80.5 Å². The maximum atomic E-state index is 13.1. The number of amides is 1. The van der Waals surface area contributed by atoms with Crippen molar-refractivity contribution in [2.45, 2.75) is 38.5 Å². The van der Waals surface area contributed by atoms with Crippen molar-refractivity contribution in [1.82, 2.24) is 0 Å². The summed E-state index contributed by atoms with van der Waals surface area (Å²) in [6.07, 6.45) is 1.93. The molecule has 1 unspecified atom stereocenters. The van der Waals surface area contributed by atoms with Gasteiger partial charge in [-0.25, -0.2) is 0 Å². The zero-order chi connectivity index (χ0) is 19.8. The Hall–Kier alpha value is -3.28. The van der Waals surface area contributed by atoms with Crippen LogP contribution in [0.2, 0.25) is 0 Å². The number of carbonyl (C=O) groups excluding carboxylic acids is 2. The molecule has 0 radical (unpaired) electrons. The number of rotatable bonds is 3. The molecule has 6 heteroatoms. The van der Waals surface area contributed by atoms with Crippen LogP contribution in [-0.2, 0) is 9.59 Å². The van der Waals surface area contributed by atoms with Gasteiger partial charge in [-0.05, 0) is 31.4 Å². The molecule has 142 valence electrons. The minimum absolute atomic E-state index is 0.0646. The molecular formula is C22H20N2O4. The first-order valence-electron chi connectivity index (χ1n) is 9.36. The van der Waals surface area contributed by atoms with Gasteiger partial charge >= 0.3 is 0 Å². The highest BCUT2D eigenvalue weighted by atomic mass is 16.6. The maximum absolute atomic E-state index is 13.1. The van der Waals surface area contributed by atoms with Crippen LogP contribution < -0.4 is 4.90 Å². The van der Waals surface area contributed by atoms with Crippen LogP contribution in [0.1, 0.15) is 42.7 Å². The summed E-state index contributed by atoms with van der Waals surface area (Å²) in [7, 11) is 0. The van der Waals surface area contributed by atoms with Crippen molar-refractivity contribution >= 4 is 23.1 Å². The molecule has 2 aliphatic rings. The lowest BCUT2D eigenvalue weighted by Crippen LogP contribution is -2.40. The molecule has 28 heavy (non-hydrogen) atoms. The summed E-state index contributed by atoms with van der Waals surface area (Å²) in [5, 5.41) is 11.2. The normalized spacial score (nSPS) is 19.6. The molecule has 1 aliphatic carbocycles.